The number of aromatic nitrogens is 10. The van der Waals surface area contributed by atoms with Crippen LogP contribution in [-0.4, -0.2) is 48.6 Å². The normalized spacial score (nSPS) is 11.6. The summed E-state index contributed by atoms with van der Waals surface area (Å²) >= 11 is 5.59. The number of para-hydroxylation sites is 6. The third-order valence-corrected chi connectivity index (χ3v) is 32.3. The lowest BCUT2D eigenvalue weighted by Gasteiger charge is -2.16. The van der Waals surface area contributed by atoms with E-state index in [0.29, 0.717) is 29.1 Å². The maximum absolute atomic E-state index is 5.17. The van der Waals surface area contributed by atoms with E-state index in [1.54, 1.807) is 0 Å². The van der Waals surface area contributed by atoms with Crippen LogP contribution >= 0.6 is 34.0 Å². The van der Waals surface area contributed by atoms with E-state index in [9.17, 15) is 0 Å². The van der Waals surface area contributed by atoms with E-state index >= 15 is 0 Å². The van der Waals surface area contributed by atoms with Crippen molar-refractivity contribution in [1.29, 1.82) is 0 Å². The van der Waals surface area contributed by atoms with Crippen molar-refractivity contribution in [3.8, 4) is 152 Å². The van der Waals surface area contributed by atoms with Crippen LogP contribution in [0.5, 0.6) is 0 Å². The Bertz CT molecular complexity index is 9750. The summed E-state index contributed by atoms with van der Waals surface area (Å²) in [4.78, 5) is 35.4. The second kappa shape index (κ2) is 37.8. The van der Waals surface area contributed by atoms with Crippen LogP contribution in [0.25, 0.3) is 278 Å². The number of nitrogens with zero attached hydrogens (tertiary/aromatic N) is 10. The van der Waals surface area contributed by atoms with Crippen molar-refractivity contribution in [2.24, 2.45) is 0 Å². The topological polar surface area (TPSA) is 105 Å². The van der Waals surface area contributed by atoms with Gasteiger partial charge in [-0.15, -0.1) is 34.0 Å². The molecule has 150 heavy (non-hydrogen) atoms. The molecule has 0 aliphatic heterocycles. The van der Waals surface area contributed by atoms with Gasteiger partial charge in [-0.2, -0.15) is 0 Å². The zero-order valence-electron chi connectivity index (χ0n) is 80.8. The summed E-state index contributed by atoms with van der Waals surface area (Å²) < 4.78 is 15.0. The molecule has 0 aliphatic rings. The van der Waals surface area contributed by atoms with Crippen molar-refractivity contribution in [3.05, 3.63) is 522 Å². The molecule has 0 radical (unpaired) electrons. The van der Waals surface area contributed by atoms with Crippen molar-refractivity contribution < 1.29 is 0 Å². The van der Waals surface area contributed by atoms with Crippen LogP contribution in [0.1, 0.15) is 0 Å². The predicted octanol–water partition coefficient (Wildman–Crippen LogP) is 37.2. The Kier molecular flexibility index (Phi) is 22.3. The van der Waals surface area contributed by atoms with Gasteiger partial charge in [0, 0.05) is 160 Å². The molecule has 0 saturated carbocycles. The standard InChI is InChI=1S/2C46H29N3S.C45H28N4S/c1-3-14-30(15-4-1)38-29-39(48-46(47-38)31-16-5-2-6-17-31)32-18-13-19-33(28-32)44-42(27-26-37-36-22-9-12-25-43(36)50-45(37)44)49-40-23-10-7-20-34(40)35-21-8-11-24-41(35)49;1-3-14-30(15-4-1)38-29-39(31-16-5-2-6-17-31)48-46(47-38)33-19-13-18-32(28-33)44-42(27-26-37-36-22-9-12-25-43(36)50-45(37)44)49-40-23-10-7-20-34(40)35-21-8-11-24-41(35)49;1-3-13-30(14-4-1)43-46-44(31-15-5-2-6-16-31)48-45(47-43)32-25-23-29(24-26-32)41-39(28-27-36-35-19-9-12-22-40(35)50-42(36)41)49-37-20-10-7-17-33(37)34-18-8-11-21-38(34)49/h2*1-29H;1-28H. The largest absolute Gasteiger partial charge is 0.309 e. The molecule has 0 saturated heterocycles. The smallest absolute Gasteiger partial charge is 0.164 e. The molecular weight excluding hydrogens is 1880 g/mol. The SMILES string of the molecule is c1ccc(-c2cc(-c3cccc(-c4c(-n5c6ccccc6c6ccccc65)ccc5c4sc4ccccc45)c3)nc(-c3ccccc3)n2)cc1.c1ccc(-c2cc(-c3ccccc3)nc(-c3cccc(-c4c(-n5c6ccccc6c6ccccc65)ccc5c4sc4ccccc45)c3)n2)cc1.c1ccc(-c2nc(-c3ccccc3)nc(-c3ccc(-c4c(-n5c6ccccc6c6ccccc65)ccc5c4sc4ccccc45)cc3)n2)cc1. The maximum Gasteiger partial charge on any atom is 0.164 e. The van der Waals surface area contributed by atoms with Gasteiger partial charge in [-0.25, -0.2) is 34.9 Å². The molecule has 13 heteroatoms. The van der Waals surface area contributed by atoms with Gasteiger partial charge in [0.25, 0.3) is 0 Å². The number of hydrogen-bond donors (Lipinski definition) is 0. The fourth-order valence-electron chi connectivity index (χ4n) is 21.8. The van der Waals surface area contributed by atoms with Gasteiger partial charge in [0.1, 0.15) is 0 Å². The van der Waals surface area contributed by atoms with Crippen LogP contribution in [0, 0.1) is 0 Å². The lowest BCUT2D eigenvalue weighted by molar-refractivity contribution is 1.07. The molecule has 10 nitrogen and oxygen atoms in total. The Morgan fingerprint density at radius 1 is 0.133 bits per heavy atom. The third kappa shape index (κ3) is 15.8. The van der Waals surface area contributed by atoms with Crippen LogP contribution in [-0.2, 0) is 0 Å². The first kappa shape index (κ1) is 88.5. The van der Waals surface area contributed by atoms with Crippen LogP contribution in [0.2, 0.25) is 0 Å². The fraction of sp³-hybridized carbons (Fsp3) is 0. The molecule has 0 unspecified atom stereocenters. The molecule has 702 valence electrons. The van der Waals surface area contributed by atoms with Crippen molar-refractivity contribution in [2.45, 2.75) is 0 Å². The highest BCUT2D eigenvalue weighted by Gasteiger charge is 2.28. The molecule has 0 fully saturated rings. The Hall–Kier alpha value is -19.2. The van der Waals surface area contributed by atoms with Crippen molar-refractivity contribution >= 4 is 160 Å². The van der Waals surface area contributed by atoms with Crippen LogP contribution in [0.15, 0.2) is 522 Å². The molecule has 0 amide bonds. The molecule has 9 aromatic heterocycles. The minimum absolute atomic E-state index is 0.645. The van der Waals surface area contributed by atoms with Gasteiger partial charge in [0.05, 0.1) is 72.9 Å². The van der Waals surface area contributed by atoms with E-state index in [-0.39, 0.29) is 0 Å². The number of hydrogen-bond acceptors (Lipinski definition) is 10. The maximum atomic E-state index is 5.17. The quantitative estimate of drug-likeness (QED) is 0.101. The van der Waals surface area contributed by atoms with Gasteiger partial charge in [0.15, 0.2) is 29.1 Å². The summed E-state index contributed by atoms with van der Waals surface area (Å²) in [6.45, 7) is 0. The first-order valence-corrected chi connectivity index (χ1v) is 52.8. The average Bonchev–Trinajstić information content (AvgIpc) is 1.57. The summed E-state index contributed by atoms with van der Waals surface area (Å²) in [6.07, 6.45) is 0. The van der Waals surface area contributed by atoms with Gasteiger partial charge in [-0.05, 0) is 114 Å². The lowest BCUT2D eigenvalue weighted by atomic mass is 9.97. The first-order chi connectivity index (χ1) is 74.4. The third-order valence-electron chi connectivity index (χ3n) is 28.7. The Morgan fingerprint density at radius 2 is 0.347 bits per heavy atom. The average molecular weight is 1970 g/mol. The minimum Gasteiger partial charge on any atom is -0.309 e. The molecule has 30 aromatic rings. The van der Waals surface area contributed by atoms with Crippen molar-refractivity contribution in [2.75, 3.05) is 0 Å². The predicted molar refractivity (Wildman–Crippen MR) is 631 cm³/mol. The zero-order valence-corrected chi connectivity index (χ0v) is 83.3. The zero-order chi connectivity index (χ0) is 99.1. The monoisotopic (exact) mass is 1970 g/mol. The molecule has 0 atom stereocenters. The van der Waals surface area contributed by atoms with Crippen molar-refractivity contribution in [1.82, 2.24) is 48.6 Å². The van der Waals surface area contributed by atoms with Crippen LogP contribution in [0.4, 0.5) is 0 Å². The van der Waals surface area contributed by atoms with E-state index in [0.717, 1.165) is 107 Å². The molecule has 0 bridgehead atoms. The van der Waals surface area contributed by atoms with E-state index in [2.05, 4.69) is 438 Å². The van der Waals surface area contributed by atoms with Gasteiger partial charge in [0.2, 0.25) is 0 Å². The van der Waals surface area contributed by atoms with E-state index in [1.807, 2.05) is 131 Å². The molecule has 0 aliphatic carbocycles. The highest BCUT2D eigenvalue weighted by Crippen LogP contribution is 2.52. The van der Waals surface area contributed by atoms with E-state index in [1.165, 1.54) is 143 Å². The van der Waals surface area contributed by atoms with E-state index in [4.69, 9.17) is 34.9 Å². The van der Waals surface area contributed by atoms with Gasteiger partial charge >= 0.3 is 0 Å². The molecule has 21 aromatic carbocycles. The summed E-state index contributed by atoms with van der Waals surface area (Å²) in [5.41, 5.74) is 30.4. The summed E-state index contributed by atoms with van der Waals surface area (Å²) in [6, 6.07) is 185. The van der Waals surface area contributed by atoms with Crippen LogP contribution < -0.4 is 0 Å². The Balaban J connectivity index is 0.000000108. The first-order valence-electron chi connectivity index (χ1n) is 50.4. The fourth-order valence-corrected chi connectivity index (χ4v) is 25.6. The summed E-state index contributed by atoms with van der Waals surface area (Å²) in [7, 11) is 0. The molecule has 0 spiro atoms. The van der Waals surface area contributed by atoms with Gasteiger partial charge in [-0.1, -0.05) is 425 Å². The number of fused-ring (bicyclic) bond motifs is 18. The summed E-state index contributed by atoms with van der Waals surface area (Å²) in [5, 5.41) is 15.2. The summed E-state index contributed by atoms with van der Waals surface area (Å²) in [5.74, 6) is 3.37. The second-order valence-electron chi connectivity index (χ2n) is 37.6. The van der Waals surface area contributed by atoms with E-state index < -0.39 is 0 Å². The highest BCUT2D eigenvalue weighted by molar-refractivity contribution is 7.27. The highest BCUT2D eigenvalue weighted by atomic mass is 32.1. The molecular formula is C137H86N10S3. The Morgan fingerprint density at radius 3 is 0.660 bits per heavy atom. The van der Waals surface area contributed by atoms with Gasteiger partial charge in [-0.3, -0.25) is 0 Å². The Labute approximate surface area is 875 Å². The minimum atomic E-state index is 0.645. The van der Waals surface area contributed by atoms with Gasteiger partial charge < -0.3 is 13.7 Å². The second-order valence-corrected chi connectivity index (χ2v) is 40.7. The number of benzene rings is 21. The number of rotatable bonds is 15. The molecule has 30 rings (SSSR count). The molecule has 9 heterocycles. The molecule has 0 N–H and O–H groups in total. The van der Waals surface area contributed by atoms with Crippen LogP contribution in [0.3, 0.4) is 0 Å². The van der Waals surface area contributed by atoms with Crippen molar-refractivity contribution in [3.63, 3.8) is 0 Å². The lowest BCUT2D eigenvalue weighted by Crippen LogP contribution is -2.00. The number of thiophene rings is 3.